The van der Waals surface area contributed by atoms with Crippen LogP contribution in [0.25, 0.3) is 0 Å². The Morgan fingerprint density at radius 1 is 1.43 bits per heavy atom. The first-order chi connectivity index (χ1) is 10.0. The molecule has 2 rings (SSSR count). The minimum absolute atomic E-state index is 0.164. The first-order valence-electron chi connectivity index (χ1n) is 7.05. The topological polar surface area (TPSA) is 70.8 Å². The minimum Gasteiger partial charge on any atom is -0.468 e. The normalized spacial score (nSPS) is 20.3. The molecule has 1 fully saturated rings. The summed E-state index contributed by atoms with van der Waals surface area (Å²) in [6, 6.07) is 0. The smallest absolute Gasteiger partial charge is 0.316 e. The Balaban J connectivity index is 2.16. The Hall–Kier alpha value is -1.63. The molecule has 0 amide bonds. The Morgan fingerprint density at radius 3 is 2.76 bits per heavy atom. The molecule has 0 radical (unpaired) electrons. The number of nitrogens with zero attached hydrogens (tertiary/aromatic N) is 1. The van der Waals surface area contributed by atoms with Crippen molar-refractivity contribution in [3.8, 4) is 5.88 Å². The largest absolute Gasteiger partial charge is 0.468 e. The monoisotopic (exact) mass is 301 g/mol. The van der Waals surface area contributed by atoms with Gasteiger partial charge in [-0.15, -0.1) is 0 Å². The molecule has 118 valence electrons. The summed E-state index contributed by atoms with van der Waals surface area (Å²) in [6.07, 6.45) is 2.06. The molecule has 1 aromatic heterocycles. The Kier molecular flexibility index (Phi) is 5.17. The van der Waals surface area contributed by atoms with E-state index < -0.39 is 24.0 Å². The van der Waals surface area contributed by atoms with Crippen LogP contribution in [0.15, 0.2) is 4.52 Å². The molecule has 1 saturated heterocycles. The highest BCUT2D eigenvalue weighted by Crippen LogP contribution is 2.32. The van der Waals surface area contributed by atoms with E-state index in [2.05, 4.69) is 9.89 Å². The van der Waals surface area contributed by atoms with Crippen molar-refractivity contribution in [3.63, 3.8) is 0 Å². The van der Waals surface area contributed by atoms with Gasteiger partial charge in [-0.05, 0) is 23.9 Å². The molecule has 2 atom stereocenters. The third-order valence-corrected chi connectivity index (χ3v) is 3.42. The molecule has 1 aromatic rings. The average molecular weight is 301 g/mol. The Bertz CT molecular complexity index is 482. The number of methoxy groups -OCH3 is 1. The van der Waals surface area contributed by atoms with E-state index in [1.54, 1.807) is 13.8 Å². The van der Waals surface area contributed by atoms with Crippen LogP contribution in [0.2, 0.25) is 0 Å². The van der Waals surface area contributed by atoms with E-state index in [0.717, 1.165) is 12.8 Å². The molecule has 0 aromatic carbocycles. The van der Waals surface area contributed by atoms with Crippen LogP contribution in [-0.4, -0.2) is 31.1 Å². The van der Waals surface area contributed by atoms with Gasteiger partial charge >= 0.3 is 5.97 Å². The highest BCUT2D eigenvalue weighted by molar-refractivity contribution is 5.77. The number of esters is 1. The van der Waals surface area contributed by atoms with Crippen LogP contribution in [0.5, 0.6) is 5.88 Å². The van der Waals surface area contributed by atoms with E-state index in [1.807, 2.05) is 0 Å². The maximum Gasteiger partial charge on any atom is 0.316 e. The van der Waals surface area contributed by atoms with Crippen LogP contribution in [-0.2, 0) is 14.3 Å². The predicted octanol–water partition coefficient (Wildman–Crippen LogP) is 2.63. The van der Waals surface area contributed by atoms with Crippen molar-refractivity contribution in [2.24, 2.45) is 5.92 Å². The highest BCUT2D eigenvalue weighted by atomic mass is 19.1. The Morgan fingerprint density at radius 2 is 2.19 bits per heavy atom. The number of carbonyl (C=O) groups excluding carboxylic acids is 1. The molecule has 0 bridgehead atoms. The second-order valence-electron chi connectivity index (χ2n) is 5.32. The van der Waals surface area contributed by atoms with Gasteiger partial charge in [-0.25, -0.2) is 0 Å². The number of aromatic nitrogens is 1. The lowest BCUT2D eigenvalue weighted by Gasteiger charge is -2.21. The fourth-order valence-electron chi connectivity index (χ4n) is 2.28. The minimum atomic E-state index is -0.855. The molecule has 6 nitrogen and oxygen atoms in total. The van der Waals surface area contributed by atoms with Crippen molar-refractivity contribution >= 4 is 5.97 Å². The zero-order chi connectivity index (χ0) is 15.4. The number of hydrogen-bond acceptors (Lipinski definition) is 6. The van der Waals surface area contributed by atoms with Gasteiger partial charge in [0.15, 0.2) is 5.76 Å². The molecule has 2 unspecified atom stereocenters. The second kappa shape index (κ2) is 6.89. The van der Waals surface area contributed by atoms with Crippen LogP contribution in [0, 0.1) is 11.7 Å². The maximum atomic E-state index is 14.4. The van der Waals surface area contributed by atoms with Gasteiger partial charge in [-0.1, -0.05) is 13.8 Å². The van der Waals surface area contributed by atoms with E-state index >= 15 is 0 Å². The third kappa shape index (κ3) is 3.53. The molecule has 2 heterocycles. The van der Waals surface area contributed by atoms with Crippen molar-refractivity contribution in [1.82, 2.24) is 5.16 Å². The molecular formula is C14H20FNO5. The van der Waals surface area contributed by atoms with E-state index in [0.29, 0.717) is 13.0 Å². The summed E-state index contributed by atoms with van der Waals surface area (Å²) >= 11 is 0. The van der Waals surface area contributed by atoms with E-state index in [-0.39, 0.29) is 17.6 Å². The fraction of sp³-hybridized carbons (Fsp3) is 0.714. The average Bonchev–Trinajstić information content (AvgIpc) is 2.81. The summed E-state index contributed by atoms with van der Waals surface area (Å²) in [5.41, 5.74) is 0. The molecule has 0 N–H and O–H groups in total. The van der Waals surface area contributed by atoms with Crippen molar-refractivity contribution in [2.75, 3.05) is 13.7 Å². The van der Waals surface area contributed by atoms with Crippen molar-refractivity contribution < 1.29 is 27.9 Å². The molecule has 0 aliphatic carbocycles. The lowest BCUT2D eigenvalue weighted by Crippen LogP contribution is -2.25. The van der Waals surface area contributed by atoms with Crippen molar-refractivity contribution in [1.29, 1.82) is 0 Å². The SMILES string of the molecule is COC(=O)C(c1onc(OC2CCCCO2)c1F)C(C)C. The fourth-order valence-corrected chi connectivity index (χ4v) is 2.28. The summed E-state index contributed by atoms with van der Waals surface area (Å²) in [5.74, 6) is -2.83. The zero-order valence-electron chi connectivity index (χ0n) is 12.4. The van der Waals surface area contributed by atoms with Gasteiger partial charge in [-0.3, -0.25) is 4.79 Å². The zero-order valence-corrected chi connectivity index (χ0v) is 12.4. The van der Waals surface area contributed by atoms with Crippen molar-refractivity contribution in [3.05, 3.63) is 11.6 Å². The molecule has 1 aliphatic rings. The summed E-state index contributed by atoms with van der Waals surface area (Å²) in [5, 5.41) is 3.57. The molecule has 0 saturated carbocycles. The van der Waals surface area contributed by atoms with Gasteiger partial charge in [0, 0.05) is 6.42 Å². The molecule has 7 heteroatoms. The number of rotatable bonds is 5. The van der Waals surface area contributed by atoms with Crippen LogP contribution < -0.4 is 4.74 Å². The quantitative estimate of drug-likeness (QED) is 0.779. The molecule has 0 spiro atoms. The van der Waals surface area contributed by atoms with Gasteiger partial charge < -0.3 is 18.7 Å². The summed E-state index contributed by atoms with van der Waals surface area (Å²) in [7, 11) is 1.25. The standard InChI is InChI=1S/C14H20FNO5/c1-8(2)10(14(17)18-3)12-11(15)13(16-21-12)20-9-6-4-5-7-19-9/h8-10H,4-7H2,1-3H3. The summed E-state index contributed by atoms with van der Waals surface area (Å²) < 4.78 is 34.7. The first-order valence-corrected chi connectivity index (χ1v) is 7.05. The van der Waals surface area contributed by atoms with Gasteiger partial charge in [0.05, 0.1) is 13.7 Å². The third-order valence-electron chi connectivity index (χ3n) is 3.42. The van der Waals surface area contributed by atoms with Crippen molar-refractivity contribution in [2.45, 2.75) is 45.3 Å². The molecule has 1 aliphatic heterocycles. The molecule has 21 heavy (non-hydrogen) atoms. The Labute approximate surface area is 122 Å². The van der Waals surface area contributed by atoms with E-state index in [4.69, 9.17) is 14.0 Å². The predicted molar refractivity (Wildman–Crippen MR) is 70.3 cm³/mol. The highest BCUT2D eigenvalue weighted by Gasteiger charge is 2.35. The van der Waals surface area contributed by atoms with Crippen LogP contribution >= 0.6 is 0 Å². The van der Waals surface area contributed by atoms with E-state index in [9.17, 15) is 9.18 Å². The summed E-state index contributed by atoms with van der Waals surface area (Å²) in [6.45, 7) is 4.12. The molecular weight excluding hydrogens is 281 g/mol. The van der Waals surface area contributed by atoms with Crippen LogP contribution in [0.4, 0.5) is 4.39 Å². The summed E-state index contributed by atoms with van der Waals surface area (Å²) in [4.78, 5) is 11.8. The number of halogens is 1. The van der Waals surface area contributed by atoms with Crippen LogP contribution in [0.3, 0.4) is 0 Å². The number of carbonyl (C=O) groups is 1. The van der Waals surface area contributed by atoms with E-state index in [1.165, 1.54) is 7.11 Å². The number of ether oxygens (including phenoxy) is 3. The van der Waals surface area contributed by atoms with Crippen LogP contribution in [0.1, 0.15) is 44.8 Å². The van der Waals surface area contributed by atoms with Gasteiger partial charge in [0.25, 0.3) is 5.88 Å². The van der Waals surface area contributed by atoms with Gasteiger partial charge in [0.1, 0.15) is 5.92 Å². The van der Waals surface area contributed by atoms with Gasteiger partial charge in [-0.2, -0.15) is 4.39 Å². The van der Waals surface area contributed by atoms with Gasteiger partial charge in [0.2, 0.25) is 12.1 Å². The lowest BCUT2D eigenvalue weighted by molar-refractivity contribution is -0.144. The maximum absolute atomic E-state index is 14.4. The second-order valence-corrected chi connectivity index (χ2v) is 5.32. The first kappa shape index (κ1) is 15.8. The lowest BCUT2D eigenvalue weighted by atomic mass is 9.93. The number of hydrogen-bond donors (Lipinski definition) is 0.